The van der Waals surface area contributed by atoms with Gasteiger partial charge in [-0.3, -0.25) is 14.5 Å². The molecule has 1 aliphatic heterocycles. The first kappa shape index (κ1) is 19.7. The lowest BCUT2D eigenvalue weighted by atomic mass is 10.1. The molecule has 144 valence electrons. The normalized spacial score (nSPS) is 16.4. The van der Waals surface area contributed by atoms with Gasteiger partial charge in [0, 0.05) is 5.56 Å². The Morgan fingerprint density at radius 3 is 2.50 bits per heavy atom. The van der Waals surface area contributed by atoms with Crippen LogP contribution in [-0.2, 0) is 20.9 Å². The molecule has 0 unspecified atom stereocenters. The van der Waals surface area contributed by atoms with Crippen LogP contribution in [0.4, 0.5) is 4.79 Å². The number of rotatable bonds is 6. The number of hydrogen-bond acceptors (Lipinski definition) is 6. The van der Waals surface area contributed by atoms with Crippen molar-refractivity contribution in [3.8, 4) is 5.75 Å². The number of esters is 1. The molecule has 0 aliphatic carbocycles. The van der Waals surface area contributed by atoms with Gasteiger partial charge in [0.2, 0.25) is 0 Å². The van der Waals surface area contributed by atoms with Gasteiger partial charge in [-0.2, -0.15) is 0 Å². The van der Waals surface area contributed by atoms with Crippen molar-refractivity contribution < 1.29 is 23.9 Å². The zero-order chi connectivity index (χ0) is 20.1. The summed E-state index contributed by atoms with van der Waals surface area (Å²) < 4.78 is 10.5. The molecule has 7 heteroatoms. The van der Waals surface area contributed by atoms with E-state index >= 15 is 0 Å². The summed E-state index contributed by atoms with van der Waals surface area (Å²) in [7, 11) is 1.22. The van der Waals surface area contributed by atoms with Crippen LogP contribution in [0.3, 0.4) is 0 Å². The van der Waals surface area contributed by atoms with Crippen molar-refractivity contribution in [1.29, 1.82) is 0 Å². The number of hydrogen-bond donors (Lipinski definition) is 0. The largest absolute Gasteiger partial charge is 0.488 e. The van der Waals surface area contributed by atoms with Gasteiger partial charge in [0.1, 0.15) is 18.4 Å². The second-order valence-corrected chi connectivity index (χ2v) is 7.06. The molecule has 2 aromatic carbocycles. The van der Waals surface area contributed by atoms with Gasteiger partial charge in [-0.05, 0) is 36.4 Å². The summed E-state index contributed by atoms with van der Waals surface area (Å²) in [6.07, 6.45) is 1.61. The molecule has 28 heavy (non-hydrogen) atoms. The summed E-state index contributed by atoms with van der Waals surface area (Å²) in [5.74, 6) is -0.569. The summed E-state index contributed by atoms with van der Waals surface area (Å²) in [5.41, 5.74) is 1.69. The van der Waals surface area contributed by atoms with Gasteiger partial charge >= 0.3 is 5.97 Å². The lowest BCUT2D eigenvalue weighted by Gasteiger charge is -2.18. The fourth-order valence-corrected chi connectivity index (χ4v) is 3.60. The van der Waals surface area contributed by atoms with Crippen LogP contribution in [0.25, 0.3) is 6.08 Å². The van der Waals surface area contributed by atoms with E-state index in [0.29, 0.717) is 17.9 Å². The summed E-state index contributed by atoms with van der Waals surface area (Å²) in [4.78, 5) is 37.7. The number of thioether (sulfide) groups is 1. The number of benzene rings is 2. The smallest absolute Gasteiger partial charge is 0.328 e. The second kappa shape index (κ2) is 8.75. The Kier molecular flexibility index (Phi) is 6.16. The highest BCUT2D eigenvalue weighted by atomic mass is 32.2. The zero-order valence-electron chi connectivity index (χ0n) is 15.5. The van der Waals surface area contributed by atoms with Crippen molar-refractivity contribution >= 4 is 35.0 Å². The van der Waals surface area contributed by atoms with Crippen molar-refractivity contribution in [2.75, 3.05) is 7.11 Å². The van der Waals surface area contributed by atoms with Crippen molar-refractivity contribution in [1.82, 2.24) is 4.90 Å². The zero-order valence-corrected chi connectivity index (χ0v) is 16.3. The molecular formula is C21H19NO5S. The third-order valence-electron chi connectivity index (χ3n) is 4.20. The van der Waals surface area contributed by atoms with Crippen LogP contribution in [-0.4, -0.2) is 35.2 Å². The Hall–Kier alpha value is -3.06. The monoisotopic (exact) mass is 397 g/mol. The molecule has 1 heterocycles. The molecule has 6 nitrogen and oxygen atoms in total. The van der Waals surface area contributed by atoms with Crippen LogP contribution < -0.4 is 4.74 Å². The van der Waals surface area contributed by atoms with E-state index in [4.69, 9.17) is 4.74 Å². The van der Waals surface area contributed by atoms with Gasteiger partial charge in [0.15, 0.2) is 0 Å². The third-order valence-corrected chi connectivity index (χ3v) is 5.08. The van der Waals surface area contributed by atoms with Gasteiger partial charge in [-0.15, -0.1) is 0 Å². The lowest BCUT2D eigenvalue weighted by Crippen LogP contribution is -2.42. The van der Waals surface area contributed by atoms with E-state index < -0.39 is 23.2 Å². The fraction of sp³-hybridized carbons (Fsp3) is 0.190. The molecule has 1 atom stereocenters. The molecule has 0 radical (unpaired) electrons. The average Bonchev–Trinajstić information content (AvgIpc) is 3.00. The van der Waals surface area contributed by atoms with Gasteiger partial charge in [0.05, 0.1) is 12.0 Å². The van der Waals surface area contributed by atoms with Crippen molar-refractivity contribution in [3.63, 3.8) is 0 Å². The highest BCUT2D eigenvalue weighted by Crippen LogP contribution is 2.35. The Balaban J connectivity index is 1.81. The molecular weight excluding hydrogens is 378 g/mol. The minimum atomic E-state index is -0.979. The van der Waals surface area contributed by atoms with Crippen molar-refractivity contribution in [2.24, 2.45) is 0 Å². The first-order valence-corrected chi connectivity index (χ1v) is 9.43. The molecule has 0 aromatic heterocycles. The number of imide groups is 1. The number of amides is 2. The Bertz CT molecular complexity index is 925. The predicted molar refractivity (Wildman–Crippen MR) is 107 cm³/mol. The van der Waals surface area contributed by atoms with E-state index in [1.54, 1.807) is 18.2 Å². The Morgan fingerprint density at radius 1 is 1.11 bits per heavy atom. The fourth-order valence-electron chi connectivity index (χ4n) is 2.70. The van der Waals surface area contributed by atoms with Crippen LogP contribution in [0.1, 0.15) is 18.1 Å². The maximum absolute atomic E-state index is 12.6. The van der Waals surface area contributed by atoms with Gasteiger partial charge in [0.25, 0.3) is 11.1 Å². The van der Waals surface area contributed by atoms with E-state index in [2.05, 4.69) is 4.74 Å². The van der Waals surface area contributed by atoms with E-state index in [1.165, 1.54) is 14.0 Å². The molecule has 0 bridgehead atoms. The van der Waals surface area contributed by atoms with Crippen molar-refractivity contribution in [3.05, 3.63) is 70.6 Å². The van der Waals surface area contributed by atoms with E-state index in [1.807, 2.05) is 42.5 Å². The number of carbonyl (C=O) groups is 3. The standard InChI is InChI=1S/C21H19NO5S/c1-14(20(24)26-2)22-19(23)18(28-21(22)25)12-16-10-6-7-11-17(16)27-13-15-8-4-3-5-9-15/h3-12,14H,13H2,1-2H3/b18-12+/t14-/m0/s1. The third kappa shape index (κ3) is 4.26. The van der Waals surface area contributed by atoms with Crippen LogP contribution in [0.2, 0.25) is 0 Å². The minimum absolute atomic E-state index is 0.233. The Labute approximate surface area is 167 Å². The predicted octanol–water partition coefficient (Wildman–Crippen LogP) is 3.86. The van der Waals surface area contributed by atoms with Gasteiger partial charge in [-0.1, -0.05) is 48.5 Å². The number of para-hydroxylation sites is 1. The lowest BCUT2D eigenvalue weighted by molar-refractivity contribution is -0.148. The van der Waals surface area contributed by atoms with Crippen molar-refractivity contribution in [2.45, 2.75) is 19.6 Å². The minimum Gasteiger partial charge on any atom is -0.488 e. The number of carbonyl (C=O) groups excluding carboxylic acids is 3. The quantitative estimate of drug-likeness (QED) is 0.544. The maximum Gasteiger partial charge on any atom is 0.328 e. The van der Waals surface area contributed by atoms with Gasteiger partial charge in [-0.25, -0.2) is 4.79 Å². The van der Waals surface area contributed by atoms with Crippen LogP contribution >= 0.6 is 11.8 Å². The highest BCUT2D eigenvalue weighted by Gasteiger charge is 2.41. The molecule has 0 spiro atoms. The summed E-state index contributed by atoms with van der Waals surface area (Å²) in [6, 6.07) is 16.0. The molecule has 1 saturated heterocycles. The average molecular weight is 397 g/mol. The first-order chi connectivity index (χ1) is 13.5. The SMILES string of the molecule is COC(=O)[C@H](C)N1C(=O)S/C(=C/c2ccccc2OCc2ccccc2)C1=O. The van der Waals surface area contributed by atoms with E-state index in [9.17, 15) is 14.4 Å². The number of ether oxygens (including phenoxy) is 2. The first-order valence-electron chi connectivity index (χ1n) is 8.62. The van der Waals surface area contributed by atoms with Gasteiger partial charge < -0.3 is 9.47 Å². The topological polar surface area (TPSA) is 72.9 Å². The number of nitrogens with zero attached hydrogens (tertiary/aromatic N) is 1. The molecule has 1 aliphatic rings. The molecule has 2 aromatic rings. The summed E-state index contributed by atoms with van der Waals surface area (Å²) in [5, 5.41) is -0.503. The molecule has 3 rings (SSSR count). The second-order valence-electron chi connectivity index (χ2n) is 6.06. The van der Waals surface area contributed by atoms with Crippen LogP contribution in [0.5, 0.6) is 5.75 Å². The van der Waals surface area contributed by atoms with E-state index in [0.717, 1.165) is 22.2 Å². The maximum atomic E-state index is 12.6. The Morgan fingerprint density at radius 2 is 1.79 bits per heavy atom. The molecule has 2 amide bonds. The van der Waals surface area contributed by atoms with E-state index in [-0.39, 0.29) is 4.91 Å². The number of methoxy groups -OCH3 is 1. The van der Waals surface area contributed by atoms with Crippen LogP contribution in [0, 0.1) is 0 Å². The molecule has 0 N–H and O–H groups in total. The van der Waals surface area contributed by atoms with Crippen LogP contribution in [0.15, 0.2) is 59.5 Å². The molecule has 0 saturated carbocycles. The summed E-state index contributed by atoms with van der Waals surface area (Å²) in [6.45, 7) is 1.84. The highest BCUT2D eigenvalue weighted by molar-refractivity contribution is 8.18. The molecule has 1 fully saturated rings. The summed E-state index contributed by atoms with van der Waals surface area (Å²) >= 11 is 0.791.